The fourth-order valence-electron chi connectivity index (χ4n) is 2.33. The Morgan fingerprint density at radius 3 is 2.70 bits per heavy atom. The number of benzene rings is 2. The lowest BCUT2D eigenvalue weighted by atomic mass is 10.0. The fraction of sp³-hybridized carbons (Fsp3) is 0.118. The molecule has 2 aromatic carbocycles. The van der Waals surface area contributed by atoms with Crippen LogP contribution in [0, 0.1) is 6.92 Å². The standard InChI is InChI=1S/C17H15ClN2/c1-13-11-20(12-19-13)17-8-3-2-6-15(17)9-14-5-4-7-16(18)10-14/h2-8,10-12H,9H2,1H3. The largest absolute Gasteiger partial charge is 0.306 e. The Morgan fingerprint density at radius 1 is 1.10 bits per heavy atom. The summed E-state index contributed by atoms with van der Waals surface area (Å²) in [5.41, 5.74) is 4.64. The first-order valence-corrected chi connectivity index (χ1v) is 6.93. The first-order valence-electron chi connectivity index (χ1n) is 6.56. The van der Waals surface area contributed by atoms with Gasteiger partial charge in [0, 0.05) is 16.9 Å². The van der Waals surface area contributed by atoms with Gasteiger partial charge in [0.1, 0.15) is 0 Å². The van der Waals surface area contributed by atoms with Crippen LogP contribution < -0.4 is 0 Å². The molecule has 0 aliphatic carbocycles. The molecule has 3 aromatic rings. The number of imidazole rings is 1. The van der Waals surface area contributed by atoms with Gasteiger partial charge in [0.2, 0.25) is 0 Å². The Kier molecular flexibility index (Phi) is 3.57. The summed E-state index contributed by atoms with van der Waals surface area (Å²) < 4.78 is 2.06. The van der Waals surface area contributed by atoms with Crippen molar-refractivity contribution in [3.05, 3.63) is 82.9 Å². The Bertz CT molecular complexity index is 731. The highest BCUT2D eigenvalue weighted by Gasteiger charge is 2.06. The molecule has 100 valence electrons. The summed E-state index contributed by atoms with van der Waals surface area (Å²) in [5, 5.41) is 0.776. The van der Waals surface area contributed by atoms with Gasteiger partial charge < -0.3 is 4.57 Å². The zero-order chi connectivity index (χ0) is 13.9. The van der Waals surface area contributed by atoms with E-state index in [-0.39, 0.29) is 0 Å². The average molecular weight is 283 g/mol. The van der Waals surface area contributed by atoms with E-state index >= 15 is 0 Å². The molecule has 20 heavy (non-hydrogen) atoms. The van der Waals surface area contributed by atoms with Gasteiger partial charge in [0.25, 0.3) is 0 Å². The summed E-state index contributed by atoms with van der Waals surface area (Å²) in [5.74, 6) is 0. The third-order valence-corrected chi connectivity index (χ3v) is 3.50. The lowest BCUT2D eigenvalue weighted by molar-refractivity contribution is 1.02. The molecular formula is C17H15ClN2. The van der Waals surface area contributed by atoms with E-state index in [2.05, 4.69) is 33.8 Å². The molecule has 0 aliphatic rings. The molecule has 1 heterocycles. The minimum atomic E-state index is 0.776. The number of aromatic nitrogens is 2. The highest BCUT2D eigenvalue weighted by molar-refractivity contribution is 6.30. The maximum absolute atomic E-state index is 6.06. The highest BCUT2D eigenvalue weighted by atomic mass is 35.5. The molecule has 1 aromatic heterocycles. The maximum Gasteiger partial charge on any atom is 0.0995 e. The van der Waals surface area contributed by atoms with Gasteiger partial charge in [0.05, 0.1) is 12.0 Å². The van der Waals surface area contributed by atoms with E-state index in [0.717, 1.165) is 22.8 Å². The molecule has 0 saturated carbocycles. The van der Waals surface area contributed by atoms with E-state index in [1.807, 2.05) is 43.7 Å². The summed E-state index contributed by atoms with van der Waals surface area (Å²) in [6, 6.07) is 16.4. The Labute approximate surface area is 123 Å². The first kappa shape index (κ1) is 12.9. The van der Waals surface area contributed by atoms with E-state index < -0.39 is 0 Å². The zero-order valence-electron chi connectivity index (χ0n) is 11.3. The molecule has 0 fully saturated rings. The van der Waals surface area contributed by atoms with Crippen LogP contribution >= 0.6 is 11.6 Å². The van der Waals surface area contributed by atoms with Crippen LogP contribution in [-0.2, 0) is 6.42 Å². The van der Waals surface area contributed by atoms with Gasteiger partial charge in [-0.3, -0.25) is 0 Å². The van der Waals surface area contributed by atoms with E-state index in [4.69, 9.17) is 11.6 Å². The van der Waals surface area contributed by atoms with Crippen molar-refractivity contribution in [3.8, 4) is 5.69 Å². The molecule has 3 rings (SSSR count). The van der Waals surface area contributed by atoms with Gasteiger partial charge in [-0.1, -0.05) is 41.9 Å². The highest BCUT2D eigenvalue weighted by Crippen LogP contribution is 2.20. The van der Waals surface area contributed by atoms with Crippen LogP contribution in [0.4, 0.5) is 0 Å². The molecule has 0 unspecified atom stereocenters. The molecule has 0 radical (unpaired) electrons. The average Bonchev–Trinajstić information content (AvgIpc) is 2.86. The normalized spacial score (nSPS) is 10.7. The van der Waals surface area contributed by atoms with E-state index in [1.54, 1.807) is 0 Å². The predicted octanol–water partition coefficient (Wildman–Crippen LogP) is 4.42. The molecule has 0 atom stereocenters. The summed E-state index contributed by atoms with van der Waals surface area (Å²) in [6.45, 7) is 2.00. The quantitative estimate of drug-likeness (QED) is 0.695. The topological polar surface area (TPSA) is 17.8 Å². The number of hydrogen-bond acceptors (Lipinski definition) is 1. The van der Waals surface area contributed by atoms with Crippen LogP contribution in [0.15, 0.2) is 61.1 Å². The molecule has 0 bridgehead atoms. The van der Waals surface area contributed by atoms with Crippen molar-refractivity contribution in [1.82, 2.24) is 9.55 Å². The van der Waals surface area contributed by atoms with Crippen molar-refractivity contribution in [1.29, 1.82) is 0 Å². The number of hydrogen-bond donors (Lipinski definition) is 0. The van der Waals surface area contributed by atoms with Crippen molar-refractivity contribution < 1.29 is 0 Å². The Morgan fingerprint density at radius 2 is 1.95 bits per heavy atom. The van der Waals surface area contributed by atoms with Crippen LogP contribution in [0.5, 0.6) is 0 Å². The molecule has 0 spiro atoms. The van der Waals surface area contributed by atoms with Crippen molar-refractivity contribution >= 4 is 11.6 Å². The Hall–Kier alpha value is -2.06. The maximum atomic E-state index is 6.06. The molecular weight excluding hydrogens is 268 g/mol. The number of rotatable bonds is 3. The molecule has 0 saturated heterocycles. The molecule has 2 nitrogen and oxygen atoms in total. The van der Waals surface area contributed by atoms with Gasteiger partial charge in [-0.25, -0.2) is 4.98 Å². The van der Waals surface area contributed by atoms with Gasteiger partial charge in [-0.05, 0) is 42.7 Å². The van der Waals surface area contributed by atoms with Crippen LogP contribution in [0.3, 0.4) is 0 Å². The van der Waals surface area contributed by atoms with E-state index in [9.17, 15) is 0 Å². The van der Waals surface area contributed by atoms with Crippen LogP contribution in [0.2, 0.25) is 5.02 Å². The summed E-state index contributed by atoms with van der Waals surface area (Å²) in [4.78, 5) is 4.30. The second-order valence-electron chi connectivity index (χ2n) is 4.86. The summed E-state index contributed by atoms with van der Waals surface area (Å²) >= 11 is 6.06. The fourth-order valence-corrected chi connectivity index (χ4v) is 2.54. The minimum Gasteiger partial charge on any atom is -0.306 e. The van der Waals surface area contributed by atoms with E-state index in [0.29, 0.717) is 0 Å². The lowest BCUT2D eigenvalue weighted by Crippen LogP contribution is -1.98. The van der Waals surface area contributed by atoms with Gasteiger partial charge in [-0.15, -0.1) is 0 Å². The van der Waals surface area contributed by atoms with Crippen molar-refractivity contribution in [3.63, 3.8) is 0 Å². The second kappa shape index (κ2) is 5.51. The summed E-state index contributed by atoms with van der Waals surface area (Å²) in [6.07, 6.45) is 4.75. The third kappa shape index (κ3) is 2.75. The summed E-state index contributed by atoms with van der Waals surface area (Å²) in [7, 11) is 0. The van der Waals surface area contributed by atoms with Crippen LogP contribution in [-0.4, -0.2) is 9.55 Å². The van der Waals surface area contributed by atoms with Crippen molar-refractivity contribution in [2.24, 2.45) is 0 Å². The monoisotopic (exact) mass is 282 g/mol. The van der Waals surface area contributed by atoms with Crippen LogP contribution in [0.1, 0.15) is 16.8 Å². The smallest absolute Gasteiger partial charge is 0.0995 e. The second-order valence-corrected chi connectivity index (χ2v) is 5.29. The minimum absolute atomic E-state index is 0.776. The SMILES string of the molecule is Cc1cn(-c2ccccc2Cc2cccc(Cl)c2)cn1. The van der Waals surface area contributed by atoms with Crippen LogP contribution in [0.25, 0.3) is 5.69 Å². The number of para-hydroxylation sites is 1. The number of aryl methyl sites for hydroxylation is 1. The number of nitrogens with zero attached hydrogens (tertiary/aromatic N) is 2. The van der Waals surface area contributed by atoms with Gasteiger partial charge >= 0.3 is 0 Å². The van der Waals surface area contributed by atoms with Crippen molar-refractivity contribution in [2.45, 2.75) is 13.3 Å². The Balaban J connectivity index is 1.98. The van der Waals surface area contributed by atoms with Gasteiger partial charge in [0.15, 0.2) is 0 Å². The predicted molar refractivity (Wildman–Crippen MR) is 82.6 cm³/mol. The molecule has 3 heteroatoms. The first-order chi connectivity index (χ1) is 9.72. The molecule has 0 aliphatic heterocycles. The third-order valence-electron chi connectivity index (χ3n) is 3.27. The molecule has 0 N–H and O–H groups in total. The molecule has 0 amide bonds. The van der Waals surface area contributed by atoms with Gasteiger partial charge in [-0.2, -0.15) is 0 Å². The number of halogens is 1. The zero-order valence-corrected chi connectivity index (χ0v) is 12.0. The lowest BCUT2D eigenvalue weighted by Gasteiger charge is -2.10. The van der Waals surface area contributed by atoms with Crippen molar-refractivity contribution in [2.75, 3.05) is 0 Å². The van der Waals surface area contributed by atoms with E-state index in [1.165, 1.54) is 11.1 Å².